The van der Waals surface area contributed by atoms with Crippen LogP contribution < -0.4 is 4.72 Å². The minimum atomic E-state index is -3.19. The zero-order chi connectivity index (χ0) is 21.0. The molecule has 160 valence electrons. The van der Waals surface area contributed by atoms with Crippen molar-refractivity contribution in [1.82, 2.24) is 14.6 Å². The van der Waals surface area contributed by atoms with Crippen molar-refractivity contribution in [3.05, 3.63) is 35.0 Å². The molecule has 1 aromatic carbocycles. The van der Waals surface area contributed by atoms with Gasteiger partial charge in [-0.25, -0.2) is 13.1 Å². The van der Waals surface area contributed by atoms with Crippen LogP contribution in [0.15, 0.2) is 18.2 Å². The van der Waals surface area contributed by atoms with Gasteiger partial charge in [0.1, 0.15) is 0 Å². The molecule has 1 fully saturated rings. The van der Waals surface area contributed by atoms with Gasteiger partial charge < -0.3 is 9.88 Å². The normalized spacial score (nSPS) is 25.8. The van der Waals surface area contributed by atoms with E-state index in [-0.39, 0.29) is 3.42 Å². The van der Waals surface area contributed by atoms with Gasteiger partial charge in [-0.1, -0.05) is 34.2 Å². The van der Waals surface area contributed by atoms with E-state index in [0.29, 0.717) is 5.92 Å². The Morgan fingerprint density at radius 3 is 2.86 bits per heavy atom. The van der Waals surface area contributed by atoms with Crippen LogP contribution in [0.5, 0.6) is 0 Å². The third kappa shape index (κ3) is 4.67. The molecule has 0 radical (unpaired) electrons. The lowest BCUT2D eigenvalue weighted by Crippen LogP contribution is -2.55. The van der Waals surface area contributed by atoms with Crippen LogP contribution >= 0.6 is 22.6 Å². The molecule has 0 saturated carbocycles. The van der Waals surface area contributed by atoms with E-state index in [1.54, 1.807) is 0 Å². The number of sulfonamides is 1. The molecule has 1 saturated heterocycles. The maximum atomic E-state index is 11.6. The molecule has 4 rings (SSSR count). The standard InChI is InChI=1S/C22H32IN3O2S/c1-15-5-6-19-17(11-15)18-13-22(23)14-26(9-7-16(22)12-20(18)24-19)10-8-21(2,3)25-29(4,27)28/h5-6,11,16,24-25H,7-10,12-14H2,1-4H3/t16-,22-/m1/s1. The van der Waals surface area contributed by atoms with Crippen LogP contribution in [-0.4, -0.2) is 53.2 Å². The molecule has 7 heteroatoms. The molecule has 2 N–H and O–H groups in total. The Bertz CT molecular complexity index is 1030. The van der Waals surface area contributed by atoms with Crippen LogP contribution in [0.3, 0.4) is 0 Å². The smallest absolute Gasteiger partial charge is 0.209 e. The third-order valence-corrected chi connectivity index (χ3v) is 9.12. The summed E-state index contributed by atoms with van der Waals surface area (Å²) in [6.45, 7) is 9.21. The van der Waals surface area contributed by atoms with Crippen LogP contribution in [0.1, 0.15) is 43.5 Å². The first-order chi connectivity index (χ1) is 13.4. The lowest BCUT2D eigenvalue weighted by Gasteiger charge is -2.48. The summed E-state index contributed by atoms with van der Waals surface area (Å²) in [5, 5.41) is 1.39. The lowest BCUT2D eigenvalue weighted by molar-refractivity contribution is 0.133. The Morgan fingerprint density at radius 1 is 1.38 bits per heavy atom. The minimum Gasteiger partial charge on any atom is -0.358 e. The number of aromatic nitrogens is 1. The van der Waals surface area contributed by atoms with Crippen molar-refractivity contribution in [2.45, 2.75) is 55.4 Å². The molecule has 2 heterocycles. The van der Waals surface area contributed by atoms with Gasteiger partial charge in [0, 0.05) is 32.1 Å². The number of piperidine rings is 1. The van der Waals surface area contributed by atoms with Crippen molar-refractivity contribution in [2.24, 2.45) is 5.92 Å². The second kappa shape index (κ2) is 7.50. The average Bonchev–Trinajstić information content (AvgIpc) is 2.91. The second-order valence-electron chi connectivity index (χ2n) is 9.82. The highest BCUT2D eigenvalue weighted by atomic mass is 127. The van der Waals surface area contributed by atoms with E-state index in [1.807, 2.05) is 13.8 Å². The van der Waals surface area contributed by atoms with Gasteiger partial charge in [0.15, 0.2) is 0 Å². The summed E-state index contributed by atoms with van der Waals surface area (Å²) in [5.41, 5.74) is 5.11. The molecule has 0 unspecified atom stereocenters. The molecule has 1 aliphatic carbocycles. The Kier molecular flexibility index (Phi) is 5.58. The van der Waals surface area contributed by atoms with Crippen molar-refractivity contribution in [1.29, 1.82) is 0 Å². The number of hydrogen-bond donors (Lipinski definition) is 2. The van der Waals surface area contributed by atoms with Gasteiger partial charge >= 0.3 is 0 Å². The first-order valence-electron chi connectivity index (χ1n) is 10.4. The number of nitrogens with zero attached hydrogens (tertiary/aromatic N) is 1. The van der Waals surface area contributed by atoms with E-state index >= 15 is 0 Å². The molecule has 1 aliphatic heterocycles. The summed E-state index contributed by atoms with van der Waals surface area (Å²) in [5.74, 6) is 0.697. The zero-order valence-electron chi connectivity index (χ0n) is 17.8. The predicted molar refractivity (Wildman–Crippen MR) is 128 cm³/mol. The second-order valence-corrected chi connectivity index (χ2v) is 13.7. The van der Waals surface area contributed by atoms with Crippen molar-refractivity contribution >= 4 is 43.5 Å². The molecule has 0 spiro atoms. The minimum absolute atomic E-state index is 0.246. The van der Waals surface area contributed by atoms with Crippen LogP contribution in [0.4, 0.5) is 0 Å². The predicted octanol–water partition coefficient (Wildman–Crippen LogP) is 3.79. The number of halogens is 1. The number of fused-ring (bicyclic) bond motifs is 4. The van der Waals surface area contributed by atoms with Crippen LogP contribution in [0.25, 0.3) is 10.9 Å². The maximum absolute atomic E-state index is 11.6. The number of aromatic amines is 1. The number of nitrogens with one attached hydrogen (secondary N) is 2. The van der Waals surface area contributed by atoms with E-state index in [0.717, 1.165) is 38.9 Å². The number of rotatable bonds is 5. The van der Waals surface area contributed by atoms with Crippen LogP contribution in [-0.2, 0) is 22.9 Å². The van der Waals surface area contributed by atoms with E-state index < -0.39 is 15.6 Å². The quantitative estimate of drug-likeness (QED) is 0.458. The van der Waals surface area contributed by atoms with E-state index in [2.05, 4.69) is 62.3 Å². The van der Waals surface area contributed by atoms with E-state index in [4.69, 9.17) is 0 Å². The number of benzene rings is 1. The van der Waals surface area contributed by atoms with Gasteiger partial charge in [0.25, 0.3) is 0 Å². The van der Waals surface area contributed by atoms with Gasteiger partial charge in [-0.15, -0.1) is 0 Å². The third-order valence-electron chi connectivity index (χ3n) is 6.60. The molecule has 0 bridgehead atoms. The summed E-state index contributed by atoms with van der Waals surface area (Å²) in [7, 11) is -3.19. The number of alkyl halides is 1. The Hall–Kier alpha value is -0.640. The van der Waals surface area contributed by atoms with Gasteiger partial charge in [-0.2, -0.15) is 0 Å². The molecule has 2 aromatic rings. The molecule has 29 heavy (non-hydrogen) atoms. The van der Waals surface area contributed by atoms with Crippen molar-refractivity contribution in [2.75, 3.05) is 25.9 Å². The molecular weight excluding hydrogens is 497 g/mol. The molecule has 5 nitrogen and oxygen atoms in total. The first kappa shape index (κ1) is 21.6. The maximum Gasteiger partial charge on any atom is 0.209 e. The van der Waals surface area contributed by atoms with E-state index in [1.165, 1.54) is 40.4 Å². The molecule has 0 amide bonds. The highest BCUT2D eigenvalue weighted by Gasteiger charge is 2.45. The summed E-state index contributed by atoms with van der Waals surface area (Å²) < 4.78 is 26.3. The molecular formula is C22H32IN3O2S. The summed E-state index contributed by atoms with van der Waals surface area (Å²) in [6, 6.07) is 6.73. The topological polar surface area (TPSA) is 65.2 Å². The Morgan fingerprint density at radius 2 is 2.14 bits per heavy atom. The van der Waals surface area contributed by atoms with Gasteiger partial charge in [0.2, 0.25) is 10.0 Å². The molecule has 2 atom stereocenters. The van der Waals surface area contributed by atoms with E-state index in [9.17, 15) is 8.42 Å². The highest BCUT2D eigenvalue weighted by Crippen LogP contribution is 2.46. The van der Waals surface area contributed by atoms with Crippen LogP contribution in [0.2, 0.25) is 0 Å². The number of H-pyrrole nitrogens is 1. The fraction of sp³-hybridized carbons (Fsp3) is 0.636. The monoisotopic (exact) mass is 529 g/mol. The van der Waals surface area contributed by atoms with Crippen molar-refractivity contribution in [3.63, 3.8) is 0 Å². The molecule has 2 aliphatic rings. The van der Waals surface area contributed by atoms with Crippen molar-refractivity contribution in [3.8, 4) is 0 Å². The first-order valence-corrected chi connectivity index (χ1v) is 13.4. The lowest BCUT2D eigenvalue weighted by atomic mass is 9.73. The Balaban J connectivity index is 1.49. The van der Waals surface area contributed by atoms with Crippen molar-refractivity contribution < 1.29 is 8.42 Å². The zero-order valence-corrected chi connectivity index (χ0v) is 20.8. The summed E-state index contributed by atoms with van der Waals surface area (Å²) in [6.07, 6.45) is 5.51. The number of hydrogen-bond acceptors (Lipinski definition) is 3. The number of likely N-dealkylation sites (tertiary alicyclic amines) is 1. The molecule has 1 aromatic heterocycles. The van der Waals surface area contributed by atoms with Gasteiger partial charge in [0.05, 0.1) is 6.26 Å². The van der Waals surface area contributed by atoms with Crippen LogP contribution in [0, 0.1) is 12.8 Å². The fourth-order valence-corrected chi connectivity index (χ4v) is 7.68. The summed E-state index contributed by atoms with van der Waals surface area (Å²) >= 11 is 2.73. The average molecular weight is 529 g/mol. The van der Waals surface area contributed by atoms with Gasteiger partial charge in [-0.05, 0) is 83.2 Å². The highest BCUT2D eigenvalue weighted by molar-refractivity contribution is 14.1. The van der Waals surface area contributed by atoms with Gasteiger partial charge in [-0.3, -0.25) is 0 Å². The fourth-order valence-electron chi connectivity index (χ4n) is 5.18. The Labute approximate surface area is 188 Å². The SMILES string of the molecule is Cc1ccc2[nH]c3c(c2c1)C[C@@]1(I)CN(CCC(C)(C)NS(C)(=O)=O)CC[C@@H]1C3. The summed E-state index contributed by atoms with van der Waals surface area (Å²) in [4.78, 5) is 6.23. The largest absolute Gasteiger partial charge is 0.358 e. The number of aryl methyl sites for hydroxylation is 1.